The van der Waals surface area contributed by atoms with Crippen molar-refractivity contribution in [1.82, 2.24) is 4.90 Å². The first-order valence-electron chi connectivity index (χ1n) is 8.37. The van der Waals surface area contributed by atoms with Crippen LogP contribution >= 0.6 is 0 Å². The van der Waals surface area contributed by atoms with E-state index >= 15 is 0 Å². The smallest absolute Gasteiger partial charge is 0.227 e. The number of rotatable bonds is 3. The molecule has 1 N–H and O–H groups in total. The van der Waals surface area contributed by atoms with Gasteiger partial charge in [-0.25, -0.2) is 4.39 Å². The summed E-state index contributed by atoms with van der Waals surface area (Å²) in [5.74, 6) is 0.341. The Labute approximate surface area is 139 Å². The fourth-order valence-corrected chi connectivity index (χ4v) is 4.24. The summed E-state index contributed by atoms with van der Waals surface area (Å²) >= 11 is 0. The first-order chi connectivity index (χ1) is 11.5. The van der Waals surface area contributed by atoms with Crippen molar-refractivity contribution in [3.8, 4) is 0 Å². The molecule has 2 aromatic rings. The van der Waals surface area contributed by atoms with E-state index in [1.807, 2.05) is 4.90 Å². The van der Waals surface area contributed by atoms with Crippen molar-refractivity contribution < 1.29 is 18.7 Å². The molecule has 4 nitrogen and oxygen atoms in total. The molecule has 2 aliphatic rings. The Morgan fingerprint density at radius 1 is 1.21 bits per heavy atom. The van der Waals surface area contributed by atoms with Gasteiger partial charge in [0.1, 0.15) is 17.2 Å². The molecule has 0 saturated carbocycles. The highest BCUT2D eigenvalue weighted by atomic mass is 19.1. The summed E-state index contributed by atoms with van der Waals surface area (Å²) < 4.78 is 18.4. The lowest BCUT2D eigenvalue weighted by Gasteiger charge is -2.43. The molecule has 1 aromatic heterocycles. The summed E-state index contributed by atoms with van der Waals surface area (Å²) in [4.78, 5) is 14.7. The number of hydrogen-bond donors (Lipinski definition) is 1. The van der Waals surface area contributed by atoms with Gasteiger partial charge in [-0.1, -0.05) is 12.1 Å². The molecule has 126 valence electrons. The van der Waals surface area contributed by atoms with Gasteiger partial charge in [0, 0.05) is 24.9 Å². The average Bonchev–Trinajstić information content (AvgIpc) is 3.18. The minimum absolute atomic E-state index is 0.0341. The molecule has 1 unspecified atom stereocenters. The Hall–Kier alpha value is -2.14. The van der Waals surface area contributed by atoms with Crippen molar-refractivity contribution in [2.45, 2.75) is 49.8 Å². The predicted octanol–water partition coefficient (Wildman–Crippen LogP) is 3.00. The third-order valence-corrected chi connectivity index (χ3v) is 5.30. The molecule has 0 aliphatic carbocycles. The topological polar surface area (TPSA) is 53.7 Å². The number of halogens is 1. The van der Waals surface area contributed by atoms with Crippen LogP contribution in [0.3, 0.4) is 0 Å². The maximum Gasteiger partial charge on any atom is 0.227 e. The highest BCUT2D eigenvalue weighted by molar-refractivity contribution is 5.80. The molecule has 3 heterocycles. The summed E-state index contributed by atoms with van der Waals surface area (Å²) in [6.07, 6.45) is 4.66. The number of piperidine rings is 1. The summed E-state index contributed by atoms with van der Waals surface area (Å²) in [7, 11) is 0. The lowest BCUT2D eigenvalue weighted by Crippen LogP contribution is -2.52. The average molecular weight is 329 g/mol. The van der Waals surface area contributed by atoms with E-state index < -0.39 is 5.60 Å². The lowest BCUT2D eigenvalue weighted by molar-refractivity contribution is -0.142. The summed E-state index contributed by atoms with van der Waals surface area (Å²) in [5, 5.41) is 11.0. The normalized spacial score (nSPS) is 29.0. The molecule has 0 spiro atoms. The number of fused-ring (bicyclic) bond motifs is 2. The number of carbonyl (C=O) groups is 1. The van der Waals surface area contributed by atoms with Crippen LogP contribution in [0.5, 0.6) is 0 Å². The molecule has 4 rings (SSSR count). The van der Waals surface area contributed by atoms with E-state index in [2.05, 4.69) is 0 Å². The second-order valence-corrected chi connectivity index (χ2v) is 6.91. The van der Waals surface area contributed by atoms with Gasteiger partial charge in [-0.2, -0.15) is 0 Å². The molecule has 2 saturated heterocycles. The molecule has 2 bridgehead atoms. The van der Waals surface area contributed by atoms with Crippen LogP contribution in [-0.4, -0.2) is 28.0 Å². The highest BCUT2D eigenvalue weighted by Crippen LogP contribution is 2.46. The number of furan rings is 1. The molecule has 2 fully saturated rings. The molecule has 5 heteroatoms. The zero-order chi connectivity index (χ0) is 16.7. The molecule has 24 heavy (non-hydrogen) atoms. The largest absolute Gasteiger partial charge is 0.466 e. The van der Waals surface area contributed by atoms with E-state index in [4.69, 9.17) is 4.42 Å². The van der Waals surface area contributed by atoms with Crippen molar-refractivity contribution in [2.75, 3.05) is 0 Å². The van der Waals surface area contributed by atoms with Gasteiger partial charge in [-0.05, 0) is 42.7 Å². The predicted molar refractivity (Wildman–Crippen MR) is 85.6 cm³/mol. The van der Waals surface area contributed by atoms with Crippen LogP contribution < -0.4 is 0 Å². The lowest BCUT2D eigenvalue weighted by atomic mass is 9.84. The van der Waals surface area contributed by atoms with Crippen LogP contribution in [0.15, 0.2) is 47.1 Å². The van der Waals surface area contributed by atoms with E-state index in [0.717, 1.165) is 18.4 Å². The standard InChI is InChI=1S/C19H20FNO3/c20-14-5-3-13(4-6-14)10-18(22)21-15-7-8-16(21)12-19(23,11-15)17-2-1-9-24-17/h1-6,9,15-16,23H,7-8,10-12H2/t15-,16+,19?. The number of aliphatic hydroxyl groups is 1. The van der Waals surface area contributed by atoms with Crippen molar-refractivity contribution in [2.24, 2.45) is 0 Å². The van der Waals surface area contributed by atoms with Gasteiger partial charge in [-0.3, -0.25) is 4.79 Å². The second kappa shape index (κ2) is 5.74. The SMILES string of the molecule is O=C(Cc1ccc(F)cc1)N1[C@@H]2CC[C@H]1CC(O)(c1ccco1)C2. The Morgan fingerprint density at radius 2 is 1.88 bits per heavy atom. The Balaban J connectivity index is 1.50. The fourth-order valence-electron chi connectivity index (χ4n) is 4.24. The summed E-state index contributed by atoms with van der Waals surface area (Å²) in [6, 6.07) is 9.71. The van der Waals surface area contributed by atoms with Crippen molar-refractivity contribution in [1.29, 1.82) is 0 Å². The van der Waals surface area contributed by atoms with Crippen molar-refractivity contribution in [3.63, 3.8) is 0 Å². The van der Waals surface area contributed by atoms with Crippen molar-refractivity contribution in [3.05, 3.63) is 59.8 Å². The molecule has 1 amide bonds. The van der Waals surface area contributed by atoms with Crippen molar-refractivity contribution >= 4 is 5.91 Å². The maximum atomic E-state index is 13.0. The third kappa shape index (κ3) is 2.63. The molecule has 2 aliphatic heterocycles. The van der Waals surface area contributed by atoms with E-state index in [1.165, 1.54) is 12.1 Å². The van der Waals surface area contributed by atoms with E-state index in [1.54, 1.807) is 30.5 Å². The number of benzene rings is 1. The maximum absolute atomic E-state index is 13.0. The van der Waals surface area contributed by atoms with Crippen LogP contribution in [-0.2, 0) is 16.8 Å². The molecular formula is C19H20FNO3. The molecule has 0 radical (unpaired) electrons. The highest BCUT2D eigenvalue weighted by Gasteiger charge is 2.50. The Bertz CT molecular complexity index is 712. The summed E-state index contributed by atoms with van der Waals surface area (Å²) in [6.45, 7) is 0. The Morgan fingerprint density at radius 3 is 2.46 bits per heavy atom. The number of carbonyl (C=O) groups excluding carboxylic acids is 1. The number of nitrogens with zero attached hydrogens (tertiary/aromatic N) is 1. The van der Waals surface area contributed by atoms with Gasteiger partial charge in [0.05, 0.1) is 12.7 Å². The zero-order valence-corrected chi connectivity index (χ0v) is 13.3. The van der Waals surface area contributed by atoms with Crippen LogP contribution in [0.2, 0.25) is 0 Å². The van der Waals surface area contributed by atoms with Gasteiger partial charge >= 0.3 is 0 Å². The van der Waals surface area contributed by atoms with Crippen LogP contribution in [0, 0.1) is 5.82 Å². The second-order valence-electron chi connectivity index (χ2n) is 6.91. The van der Waals surface area contributed by atoms with Gasteiger partial charge in [0.2, 0.25) is 5.91 Å². The van der Waals surface area contributed by atoms with Gasteiger partial charge < -0.3 is 14.4 Å². The molecular weight excluding hydrogens is 309 g/mol. The number of hydrogen-bond acceptors (Lipinski definition) is 3. The monoisotopic (exact) mass is 329 g/mol. The van der Waals surface area contributed by atoms with Gasteiger partial charge in [-0.15, -0.1) is 0 Å². The third-order valence-electron chi connectivity index (χ3n) is 5.30. The molecule has 1 aromatic carbocycles. The summed E-state index contributed by atoms with van der Waals surface area (Å²) in [5.41, 5.74) is -0.171. The van der Waals surface area contributed by atoms with Gasteiger partial charge in [0.25, 0.3) is 0 Å². The zero-order valence-electron chi connectivity index (χ0n) is 13.3. The van der Waals surface area contributed by atoms with E-state index in [-0.39, 0.29) is 30.2 Å². The van der Waals surface area contributed by atoms with Gasteiger partial charge in [0.15, 0.2) is 0 Å². The Kier molecular flexibility index (Phi) is 3.68. The minimum Gasteiger partial charge on any atom is -0.466 e. The minimum atomic E-state index is -0.984. The quantitative estimate of drug-likeness (QED) is 0.942. The fraction of sp³-hybridized carbons (Fsp3) is 0.421. The first kappa shape index (κ1) is 15.4. The molecule has 3 atom stereocenters. The number of amides is 1. The van der Waals surface area contributed by atoms with Crippen LogP contribution in [0.25, 0.3) is 0 Å². The van der Waals surface area contributed by atoms with Crippen LogP contribution in [0.4, 0.5) is 4.39 Å². The van der Waals surface area contributed by atoms with E-state index in [9.17, 15) is 14.3 Å². The van der Waals surface area contributed by atoms with Crippen LogP contribution in [0.1, 0.15) is 37.0 Å². The first-order valence-corrected chi connectivity index (χ1v) is 8.37. The van der Waals surface area contributed by atoms with E-state index in [0.29, 0.717) is 18.6 Å².